The van der Waals surface area contributed by atoms with E-state index in [0.29, 0.717) is 0 Å². The lowest BCUT2D eigenvalue weighted by molar-refractivity contribution is 0.607. The van der Waals surface area contributed by atoms with E-state index in [9.17, 15) is 0 Å². The van der Waals surface area contributed by atoms with E-state index < -0.39 is 0 Å². The van der Waals surface area contributed by atoms with Crippen molar-refractivity contribution in [2.75, 3.05) is 6.54 Å². The second kappa shape index (κ2) is 5.18. The molecule has 2 heteroatoms. The lowest BCUT2D eigenvalue weighted by atomic mass is 10.1. The van der Waals surface area contributed by atoms with Crippen LogP contribution in [0.5, 0.6) is 0 Å². The summed E-state index contributed by atoms with van der Waals surface area (Å²) in [6.07, 6.45) is 0. The van der Waals surface area contributed by atoms with Crippen LogP contribution in [0.1, 0.15) is 25.5 Å². The van der Waals surface area contributed by atoms with Gasteiger partial charge in [-0.15, -0.1) is 0 Å². The maximum absolute atomic E-state index is 6.07. The number of rotatable bonds is 4. The minimum Gasteiger partial charge on any atom is -0.306 e. The van der Waals surface area contributed by atoms with Crippen LogP contribution in [0.25, 0.3) is 0 Å². The van der Waals surface area contributed by atoms with Crippen LogP contribution in [0, 0.1) is 0 Å². The molecule has 0 bridgehead atoms. The summed E-state index contributed by atoms with van der Waals surface area (Å²) in [5.74, 6) is 0. The number of benzene rings is 1. The van der Waals surface area contributed by atoms with Gasteiger partial charge in [0.2, 0.25) is 0 Å². The van der Waals surface area contributed by atoms with E-state index in [1.54, 1.807) is 0 Å². The van der Waals surface area contributed by atoms with E-state index in [-0.39, 0.29) is 6.04 Å². The van der Waals surface area contributed by atoms with Gasteiger partial charge < -0.3 is 5.32 Å². The van der Waals surface area contributed by atoms with Gasteiger partial charge in [-0.05, 0) is 25.5 Å². The molecule has 0 spiro atoms. The van der Waals surface area contributed by atoms with Crippen molar-refractivity contribution in [2.24, 2.45) is 0 Å². The van der Waals surface area contributed by atoms with Gasteiger partial charge in [0.25, 0.3) is 0 Å². The molecular formula is C12H16ClN. The minimum atomic E-state index is 0.264. The van der Waals surface area contributed by atoms with E-state index in [0.717, 1.165) is 22.7 Å². The largest absolute Gasteiger partial charge is 0.306 e. The van der Waals surface area contributed by atoms with Crippen molar-refractivity contribution < 1.29 is 0 Å². The summed E-state index contributed by atoms with van der Waals surface area (Å²) in [7, 11) is 0. The molecule has 0 amide bonds. The average Bonchev–Trinajstić information content (AvgIpc) is 2.15. The van der Waals surface area contributed by atoms with Crippen LogP contribution < -0.4 is 5.32 Å². The van der Waals surface area contributed by atoms with Gasteiger partial charge in [0.15, 0.2) is 0 Å². The Bertz CT molecular complexity index is 320. The molecule has 1 rings (SSSR count). The van der Waals surface area contributed by atoms with Crippen molar-refractivity contribution in [1.82, 2.24) is 5.32 Å². The molecule has 0 aliphatic heterocycles. The van der Waals surface area contributed by atoms with E-state index in [1.165, 1.54) is 0 Å². The van der Waals surface area contributed by atoms with Crippen molar-refractivity contribution >= 4 is 11.6 Å². The first-order chi connectivity index (χ1) is 6.61. The summed E-state index contributed by atoms with van der Waals surface area (Å²) >= 11 is 6.07. The quantitative estimate of drug-likeness (QED) is 0.748. The van der Waals surface area contributed by atoms with Crippen LogP contribution in [-0.2, 0) is 0 Å². The highest BCUT2D eigenvalue weighted by atomic mass is 35.5. The standard InChI is InChI=1S/C12H16ClN/c1-9(2)8-14-10(3)11-6-4-5-7-12(11)13/h4-7,10,14H,1,8H2,2-3H3. The molecule has 1 aromatic rings. The fourth-order valence-corrected chi connectivity index (χ4v) is 1.56. The SMILES string of the molecule is C=C(C)CNC(C)c1ccccc1Cl. The molecule has 0 radical (unpaired) electrons. The van der Waals surface area contributed by atoms with Crippen LogP contribution in [0.2, 0.25) is 5.02 Å². The van der Waals surface area contributed by atoms with Crippen molar-refractivity contribution in [3.8, 4) is 0 Å². The van der Waals surface area contributed by atoms with Crippen molar-refractivity contribution in [3.63, 3.8) is 0 Å². The molecule has 0 aromatic heterocycles. The fourth-order valence-electron chi connectivity index (χ4n) is 1.26. The Hall–Kier alpha value is -0.790. The Labute approximate surface area is 90.8 Å². The highest BCUT2D eigenvalue weighted by Crippen LogP contribution is 2.21. The second-order valence-corrected chi connectivity index (χ2v) is 3.99. The lowest BCUT2D eigenvalue weighted by Gasteiger charge is -2.15. The molecule has 0 aliphatic carbocycles. The first-order valence-electron chi connectivity index (χ1n) is 4.73. The van der Waals surface area contributed by atoms with Gasteiger partial charge in [-0.1, -0.05) is 42.0 Å². The topological polar surface area (TPSA) is 12.0 Å². The molecular weight excluding hydrogens is 194 g/mol. The van der Waals surface area contributed by atoms with Crippen LogP contribution in [-0.4, -0.2) is 6.54 Å². The Kier molecular flexibility index (Phi) is 4.18. The zero-order valence-electron chi connectivity index (χ0n) is 8.68. The van der Waals surface area contributed by atoms with Gasteiger partial charge in [0, 0.05) is 17.6 Å². The summed E-state index contributed by atoms with van der Waals surface area (Å²) < 4.78 is 0. The Balaban J connectivity index is 2.65. The van der Waals surface area contributed by atoms with Crippen molar-refractivity contribution in [3.05, 3.63) is 47.0 Å². The predicted octanol–water partition coefficient (Wildman–Crippen LogP) is 3.57. The zero-order chi connectivity index (χ0) is 10.6. The normalized spacial score (nSPS) is 12.5. The summed E-state index contributed by atoms with van der Waals surface area (Å²) in [6, 6.07) is 8.16. The molecule has 76 valence electrons. The first kappa shape index (κ1) is 11.3. The lowest BCUT2D eigenvalue weighted by Crippen LogP contribution is -2.20. The summed E-state index contributed by atoms with van der Waals surface area (Å²) in [6.45, 7) is 8.78. The molecule has 1 N–H and O–H groups in total. The molecule has 0 fully saturated rings. The summed E-state index contributed by atoms with van der Waals surface area (Å²) in [5, 5.41) is 4.17. The maximum Gasteiger partial charge on any atom is 0.0453 e. The Morgan fingerprint density at radius 2 is 2.14 bits per heavy atom. The van der Waals surface area contributed by atoms with E-state index in [2.05, 4.69) is 18.8 Å². The van der Waals surface area contributed by atoms with Gasteiger partial charge in [-0.2, -0.15) is 0 Å². The van der Waals surface area contributed by atoms with Crippen molar-refractivity contribution in [1.29, 1.82) is 0 Å². The molecule has 0 saturated carbocycles. The molecule has 0 saturated heterocycles. The third-order valence-electron chi connectivity index (χ3n) is 2.08. The number of nitrogens with one attached hydrogen (secondary N) is 1. The predicted molar refractivity (Wildman–Crippen MR) is 62.7 cm³/mol. The van der Waals surface area contributed by atoms with Gasteiger partial charge in [-0.3, -0.25) is 0 Å². The van der Waals surface area contributed by atoms with Gasteiger partial charge in [0.1, 0.15) is 0 Å². The van der Waals surface area contributed by atoms with Gasteiger partial charge in [-0.25, -0.2) is 0 Å². The van der Waals surface area contributed by atoms with Crippen LogP contribution >= 0.6 is 11.6 Å². The number of hydrogen-bond donors (Lipinski definition) is 1. The molecule has 1 atom stereocenters. The molecule has 1 unspecified atom stereocenters. The molecule has 0 aliphatic rings. The minimum absolute atomic E-state index is 0.264. The highest BCUT2D eigenvalue weighted by Gasteiger charge is 2.07. The highest BCUT2D eigenvalue weighted by molar-refractivity contribution is 6.31. The summed E-state index contributed by atoms with van der Waals surface area (Å²) in [5.41, 5.74) is 2.26. The molecule has 14 heavy (non-hydrogen) atoms. The maximum atomic E-state index is 6.07. The number of halogens is 1. The monoisotopic (exact) mass is 209 g/mol. The Morgan fingerprint density at radius 3 is 2.71 bits per heavy atom. The Morgan fingerprint density at radius 1 is 1.50 bits per heavy atom. The molecule has 0 heterocycles. The zero-order valence-corrected chi connectivity index (χ0v) is 9.43. The smallest absolute Gasteiger partial charge is 0.0453 e. The van der Waals surface area contributed by atoms with Crippen LogP contribution in [0.15, 0.2) is 36.4 Å². The molecule has 1 nitrogen and oxygen atoms in total. The summed E-state index contributed by atoms with van der Waals surface area (Å²) in [4.78, 5) is 0. The van der Waals surface area contributed by atoms with E-state index >= 15 is 0 Å². The van der Waals surface area contributed by atoms with E-state index in [4.69, 9.17) is 11.6 Å². The third-order valence-corrected chi connectivity index (χ3v) is 2.43. The van der Waals surface area contributed by atoms with Crippen molar-refractivity contribution in [2.45, 2.75) is 19.9 Å². The third kappa shape index (κ3) is 3.17. The fraction of sp³-hybridized carbons (Fsp3) is 0.333. The van der Waals surface area contributed by atoms with Crippen LogP contribution in [0.4, 0.5) is 0 Å². The average molecular weight is 210 g/mol. The van der Waals surface area contributed by atoms with E-state index in [1.807, 2.05) is 31.2 Å². The molecule has 1 aromatic carbocycles. The van der Waals surface area contributed by atoms with Crippen LogP contribution in [0.3, 0.4) is 0 Å². The van der Waals surface area contributed by atoms with Gasteiger partial charge in [0.05, 0.1) is 0 Å². The first-order valence-corrected chi connectivity index (χ1v) is 5.11. The number of hydrogen-bond acceptors (Lipinski definition) is 1. The second-order valence-electron chi connectivity index (χ2n) is 3.58. The van der Waals surface area contributed by atoms with Gasteiger partial charge >= 0.3 is 0 Å².